The van der Waals surface area contributed by atoms with Crippen LogP contribution in [0.4, 0.5) is 10.1 Å². The Bertz CT molecular complexity index is 1220. The van der Waals surface area contributed by atoms with Crippen LogP contribution in [-0.4, -0.2) is 69.6 Å². The van der Waals surface area contributed by atoms with Crippen molar-refractivity contribution in [1.82, 2.24) is 10.2 Å². The lowest BCUT2D eigenvalue weighted by molar-refractivity contribution is 0.0962. The van der Waals surface area contributed by atoms with Crippen LogP contribution in [-0.2, 0) is 12.0 Å². The van der Waals surface area contributed by atoms with Gasteiger partial charge < -0.3 is 29.3 Å². The van der Waals surface area contributed by atoms with Gasteiger partial charge in [-0.1, -0.05) is 20.8 Å². The van der Waals surface area contributed by atoms with Gasteiger partial charge in [0.15, 0.2) is 23.1 Å². The molecule has 4 rings (SSSR count). The van der Waals surface area contributed by atoms with E-state index in [1.54, 1.807) is 25.0 Å². The number of benzene rings is 2. The minimum atomic E-state index is -0.617. The van der Waals surface area contributed by atoms with Crippen molar-refractivity contribution in [3.05, 3.63) is 46.3 Å². The summed E-state index contributed by atoms with van der Waals surface area (Å²) in [7, 11) is 1.67. The summed E-state index contributed by atoms with van der Waals surface area (Å²) in [5.74, 6) is 0.331. The van der Waals surface area contributed by atoms with Gasteiger partial charge in [-0.2, -0.15) is 0 Å². The molecule has 2 N–H and O–H groups in total. The molecule has 1 fully saturated rings. The van der Waals surface area contributed by atoms with Gasteiger partial charge in [0.1, 0.15) is 11.6 Å². The summed E-state index contributed by atoms with van der Waals surface area (Å²) in [6.07, 6.45) is 0. The summed E-state index contributed by atoms with van der Waals surface area (Å²) in [6.45, 7) is 14.1. The third kappa shape index (κ3) is 5.29. The number of Topliss-reactive ketones (excluding diaryl/α,β-unsaturated/α-hetero) is 1. The minimum Gasteiger partial charge on any atom is -0.494 e. The number of halogens is 1. The van der Waals surface area contributed by atoms with Crippen molar-refractivity contribution in [3.8, 4) is 17.2 Å². The van der Waals surface area contributed by atoms with Gasteiger partial charge in [-0.25, -0.2) is 4.39 Å². The average Bonchev–Trinajstić information content (AvgIpc) is 3.20. The maximum atomic E-state index is 15.5. The second-order valence-corrected chi connectivity index (χ2v) is 10.6. The lowest BCUT2D eigenvalue weighted by Gasteiger charge is -2.33. The molecule has 0 atom stereocenters. The SMILES string of the molecule is CCOc1cc2c(c(F)c1OCC)C(=N)N(CC(=O)c1cc(N3CCNCC3)c(OC)c(C(C)(C)C)c1)C2. The number of methoxy groups -OCH3 is 1. The molecule has 0 saturated carbocycles. The maximum absolute atomic E-state index is 15.5. The predicted molar refractivity (Wildman–Crippen MR) is 147 cm³/mol. The van der Waals surface area contributed by atoms with Crippen molar-refractivity contribution in [2.75, 3.05) is 57.9 Å². The van der Waals surface area contributed by atoms with Crippen molar-refractivity contribution >= 4 is 17.3 Å². The van der Waals surface area contributed by atoms with E-state index in [1.165, 1.54) is 0 Å². The highest BCUT2D eigenvalue weighted by molar-refractivity contribution is 6.06. The van der Waals surface area contributed by atoms with Crippen LogP contribution in [0.5, 0.6) is 17.2 Å². The fraction of sp³-hybridized carbons (Fsp3) is 0.517. The van der Waals surface area contributed by atoms with Crippen LogP contribution in [0.15, 0.2) is 18.2 Å². The van der Waals surface area contributed by atoms with E-state index in [2.05, 4.69) is 31.0 Å². The van der Waals surface area contributed by atoms with Gasteiger partial charge in [0.25, 0.3) is 0 Å². The van der Waals surface area contributed by atoms with Crippen molar-refractivity contribution < 1.29 is 23.4 Å². The Kier molecular flexibility index (Phi) is 8.16. The van der Waals surface area contributed by atoms with Crippen molar-refractivity contribution in [2.24, 2.45) is 0 Å². The monoisotopic (exact) mass is 526 g/mol. The Hall–Kier alpha value is -3.33. The molecule has 2 aromatic rings. The fourth-order valence-electron chi connectivity index (χ4n) is 5.11. The van der Waals surface area contributed by atoms with Gasteiger partial charge in [-0.15, -0.1) is 0 Å². The summed E-state index contributed by atoms with van der Waals surface area (Å²) >= 11 is 0. The summed E-state index contributed by atoms with van der Waals surface area (Å²) in [6, 6.07) is 5.52. The van der Waals surface area contributed by atoms with Gasteiger partial charge in [0, 0.05) is 43.9 Å². The molecule has 2 aliphatic heterocycles. The number of fused-ring (bicyclic) bond motifs is 1. The van der Waals surface area contributed by atoms with Gasteiger partial charge in [0.05, 0.1) is 38.1 Å². The minimum absolute atomic E-state index is 0.0108. The van der Waals surface area contributed by atoms with Crippen LogP contribution in [0.25, 0.3) is 0 Å². The highest BCUT2D eigenvalue weighted by Gasteiger charge is 2.34. The van der Waals surface area contributed by atoms with E-state index in [0.29, 0.717) is 23.5 Å². The molecule has 8 nitrogen and oxygen atoms in total. The molecule has 0 unspecified atom stereocenters. The number of amidine groups is 1. The van der Waals surface area contributed by atoms with E-state index >= 15 is 4.39 Å². The molecule has 9 heteroatoms. The molecule has 2 heterocycles. The Morgan fingerprint density at radius 3 is 2.37 bits per heavy atom. The smallest absolute Gasteiger partial charge is 0.197 e. The molecule has 0 aromatic heterocycles. The summed E-state index contributed by atoms with van der Waals surface area (Å²) in [5, 5.41) is 12.1. The Morgan fingerprint density at radius 2 is 1.76 bits per heavy atom. The Balaban J connectivity index is 1.67. The summed E-state index contributed by atoms with van der Waals surface area (Å²) < 4.78 is 32.5. The van der Waals surface area contributed by atoms with E-state index in [-0.39, 0.29) is 48.0 Å². The molecule has 38 heavy (non-hydrogen) atoms. The van der Waals surface area contributed by atoms with E-state index in [4.69, 9.17) is 19.6 Å². The van der Waals surface area contributed by atoms with Gasteiger partial charge in [0.2, 0.25) is 0 Å². The zero-order chi connectivity index (χ0) is 27.6. The van der Waals surface area contributed by atoms with E-state index in [9.17, 15) is 4.79 Å². The second kappa shape index (κ2) is 11.2. The van der Waals surface area contributed by atoms with E-state index in [0.717, 1.165) is 43.2 Å². The number of anilines is 1. The number of ketones is 1. The number of ether oxygens (including phenoxy) is 3. The molecule has 0 radical (unpaired) electrons. The standard InChI is InChI=1S/C29H39FN4O4/c1-7-37-23-15-19-16-34(28(31)24(19)25(30)27(23)38-8-2)17-22(35)18-13-20(29(3,4)5)26(36-6)21(14-18)33-11-9-32-10-12-33/h13-15,31-32H,7-12,16-17H2,1-6H3. The van der Waals surface area contributed by atoms with Crippen molar-refractivity contribution in [3.63, 3.8) is 0 Å². The number of nitrogens with one attached hydrogen (secondary N) is 2. The third-order valence-corrected chi connectivity index (χ3v) is 6.97. The molecule has 0 bridgehead atoms. The molecule has 1 saturated heterocycles. The number of carbonyl (C=O) groups excluding carboxylic acids is 1. The third-order valence-electron chi connectivity index (χ3n) is 6.97. The first-order chi connectivity index (χ1) is 18.1. The number of piperazine rings is 1. The molecule has 206 valence electrons. The molecular formula is C29H39FN4O4. The van der Waals surface area contributed by atoms with Crippen LogP contribution in [0.2, 0.25) is 0 Å². The summed E-state index contributed by atoms with van der Waals surface area (Å²) in [4.78, 5) is 17.5. The lowest BCUT2D eigenvalue weighted by Crippen LogP contribution is -2.44. The average molecular weight is 527 g/mol. The second-order valence-electron chi connectivity index (χ2n) is 10.6. The molecular weight excluding hydrogens is 487 g/mol. The van der Waals surface area contributed by atoms with Gasteiger partial charge in [-0.05, 0) is 43.0 Å². The van der Waals surface area contributed by atoms with Gasteiger partial charge in [-0.3, -0.25) is 10.2 Å². The molecule has 2 aromatic carbocycles. The fourth-order valence-corrected chi connectivity index (χ4v) is 5.11. The first-order valence-corrected chi connectivity index (χ1v) is 13.3. The molecule has 0 spiro atoms. The number of carbonyl (C=O) groups is 1. The zero-order valence-electron chi connectivity index (χ0n) is 23.3. The van der Waals surface area contributed by atoms with Crippen LogP contribution in [0.3, 0.4) is 0 Å². The van der Waals surface area contributed by atoms with Crippen LogP contribution >= 0.6 is 0 Å². The normalized spacial score (nSPS) is 15.5. The lowest BCUT2D eigenvalue weighted by atomic mass is 9.84. The first kappa shape index (κ1) is 27.7. The number of hydrogen-bond acceptors (Lipinski definition) is 7. The van der Waals surface area contributed by atoms with Crippen LogP contribution in [0, 0.1) is 11.2 Å². The van der Waals surface area contributed by atoms with E-state index in [1.807, 2.05) is 19.1 Å². The number of nitrogens with zero attached hydrogens (tertiary/aromatic N) is 2. The van der Waals surface area contributed by atoms with Gasteiger partial charge >= 0.3 is 0 Å². The van der Waals surface area contributed by atoms with Crippen LogP contribution < -0.4 is 24.4 Å². The van der Waals surface area contributed by atoms with E-state index < -0.39 is 5.82 Å². The first-order valence-electron chi connectivity index (χ1n) is 13.3. The maximum Gasteiger partial charge on any atom is 0.197 e. The predicted octanol–water partition coefficient (Wildman–Crippen LogP) is 4.36. The Labute approximate surface area is 224 Å². The van der Waals surface area contributed by atoms with Crippen LogP contribution in [0.1, 0.15) is 61.7 Å². The zero-order valence-corrected chi connectivity index (χ0v) is 23.3. The van der Waals surface area contributed by atoms with Crippen molar-refractivity contribution in [1.29, 1.82) is 5.41 Å². The summed E-state index contributed by atoms with van der Waals surface area (Å²) in [5.41, 5.74) is 2.93. The number of hydrogen-bond donors (Lipinski definition) is 2. The highest BCUT2D eigenvalue weighted by atomic mass is 19.1. The Morgan fingerprint density at radius 1 is 1.08 bits per heavy atom. The molecule has 0 amide bonds. The molecule has 0 aliphatic carbocycles. The van der Waals surface area contributed by atoms with Crippen molar-refractivity contribution in [2.45, 2.75) is 46.6 Å². The highest BCUT2D eigenvalue weighted by Crippen LogP contribution is 2.41. The quantitative estimate of drug-likeness (QED) is 0.470. The largest absolute Gasteiger partial charge is 0.494 e. The molecule has 2 aliphatic rings. The topological polar surface area (TPSA) is 87.1 Å². The number of rotatable bonds is 9.